The lowest BCUT2D eigenvalue weighted by atomic mass is 10.1. The summed E-state index contributed by atoms with van der Waals surface area (Å²) >= 11 is 0. The molecule has 1 saturated heterocycles. The zero-order valence-electron chi connectivity index (χ0n) is 15.5. The first-order valence-electron chi connectivity index (χ1n) is 9.11. The molecule has 1 fully saturated rings. The maximum atomic E-state index is 12.2. The number of aromatic amines is 1. The molecular weight excluding hydrogens is 382 g/mol. The molecule has 2 aromatic heterocycles. The summed E-state index contributed by atoms with van der Waals surface area (Å²) in [6.07, 6.45) is -3.53. The van der Waals surface area contributed by atoms with Gasteiger partial charge in [0, 0.05) is 5.69 Å². The lowest BCUT2D eigenvalue weighted by molar-refractivity contribution is -0.0501. The van der Waals surface area contributed by atoms with Gasteiger partial charge < -0.3 is 35.1 Å². The number of hydrogen-bond donors (Lipinski definition) is 5. The number of nitrogens with one attached hydrogen (secondary N) is 2. The zero-order chi connectivity index (χ0) is 20.5. The van der Waals surface area contributed by atoms with Crippen LogP contribution in [0.5, 0.6) is 5.75 Å². The summed E-state index contributed by atoms with van der Waals surface area (Å²) in [6.45, 7) is 1.96. The Kier molecular flexibility index (Phi) is 5.20. The maximum absolute atomic E-state index is 12.2. The predicted molar refractivity (Wildman–Crippen MR) is 102 cm³/mol. The van der Waals surface area contributed by atoms with Gasteiger partial charge in [-0.1, -0.05) is 0 Å². The van der Waals surface area contributed by atoms with E-state index in [-0.39, 0.29) is 17.1 Å². The first-order chi connectivity index (χ1) is 14.0. The van der Waals surface area contributed by atoms with Crippen LogP contribution in [-0.2, 0) is 4.74 Å². The highest BCUT2D eigenvalue weighted by Gasteiger charge is 2.45. The number of anilines is 2. The molecule has 5 N–H and O–H groups in total. The van der Waals surface area contributed by atoms with Crippen LogP contribution >= 0.6 is 0 Å². The second-order valence-corrected chi connectivity index (χ2v) is 6.52. The molecule has 1 aromatic carbocycles. The number of benzene rings is 1. The molecule has 0 amide bonds. The van der Waals surface area contributed by atoms with Gasteiger partial charge in [-0.25, -0.2) is 9.97 Å². The van der Waals surface area contributed by atoms with Crippen LogP contribution < -0.4 is 15.6 Å². The number of aliphatic hydroxyl groups is 3. The Morgan fingerprint density at radius 2 is 2.03 bits per heavy atom. The minimum absolute atomic E-state index is 0.0404. The highest BCUT2D eigenvalue weighted by atomic mass is 16.6. The van der Waals surface area contributed by atoms with Gasteiger partial charge in [-0.2, -0.15) is 0 Å². The maximum Gasteiger partial charge on any atom is 0.278 e. The van der Waals surface area contributed by atoms with Gasteiger partial charge in [0.25, 0.3) is 5.56 Å². The van der Waals surface area contributed by atoms with E-state index in [1.165, 1.54) is 10.9 Å². The number of imidazole rings is 1. The van der Waals surface area contributed by atoms with Crippen LogP contribution in [0.2, 0.25) is 0 Å². The van der Waals surface area contributed by atoms with Gasteiger partial charge in [0.2, 0.25) is 5.95 Å². The van der Waals surface area contributed by atoms with E-state index in [1.54, 1.807) is 24.3 Å². The SMILES string of the molecule is CCOc1ccc(Nc2nc3c(=O)[nH]cnc3n2[C@@H]2O[C@H](CO)[C@@H](O)[C@@H]2O)cc1. The van der Waals surface area contributed by atoms with Crippen molar-refractivity contribution in [2.75, 3.05) is 18.5 Å². The molecule has 1 aliphatic heterocycles. The highest BCUT2D eigenvalue weighted by Crippen LogP contribution is 2.34. The number of rotatable bonds is 6. The Morgan fingerprint density at radius 1 is 1.28 bits per heavy atom. The predicted octanol–water partition coefficient (Wildman–Crippen LogP) is -0.127. The summed E-state index contributed by atoms with van der Waals surface area (Å²) < 4.78 is 12.4. The minimum Gasteiger partial charge on any atom is -0.494 e. The monoisotopic (exact) mass is 403 g/mol. The molecule has 11 heteroatoms. The van der Waals surface area contributed by atoms with Crippen LogP contribution in [0.25, 0.3) is 11.2 Å². The van der Waals surface area contributed by atoms with Gasteiger partial charge >= 0.3 is 0 Å². The first-order valence-corrected chi connectivity index (χ1v) is 9.11. The fourth-order valence-electron chi connectivity index (χ4n) is 3.27. The van der Waals surface area contributed by atoms with E-state index in [0.717, 1.165) is 0 Å². The summed E-state index contributed by atoms with van der Waals surface area (Å²) in [7, 11) is 0. The molecule has 0 unspecified atom stereocenters. The van der Waals surface area contributed by atoms with Crippen LogP contribution in [-0.4, -0.2) is 66.4 Å². The van der Waals surface area contributed by atoms with Gasteiger partial charge in [0.1, 0.15) is 24.1 Å². The molecule has 11 nitrogen and oxygen atoms in total. The van der Waals surface area contributed by atoms with Gasteiger partial charge in [-0.15, -0.1) is 0 Å². The molecule has 0 aliphatic carbocycles. The van der Waals surface area contributed by atoms with Crippen molar-refractivity contribution in [2.24, 2.45) is 0 Å². The van der Waals surface area contributed by atoms with Crippen molar-refractivity contribution in [3.8, 4) is 5.75 Å². The summed E-state index contributed by atoms with van der Waals surface area (Å²) in [5, 5.41) is 33.0. The summed E-state index contributed by atoms with van der Waals surface area (Å²) in [4.78, 5) is 23.1. The number of hydrogen-bond acceptors (Lipinski definition) is 9. The standard InChI is InChI=1S/C18H21N5O6/c1-2-28-10-5-3-9(4-6-10)21-18-22-12-15(19-8-20-16(12)27)23(18)17-14(26)13(25)11(7-24)29-17/h3-6,8,11,13-14,17,24-26H,2,7H2,1H3,(H,21,22)(H,19,20,27)/t11-,13-,14+,17-/m1/s1. The van der Waals surface area contributed by atoms with Crippen LogP contribution in [0.1, 0.15) is 13.2 Å². The van der Waals surface area contributed by atoms with Gasteiger partial charge in [0.15, 0.2) is 17.4 Å². The zero-order valence-corrected chi connectivity index (χ0v) is 15.5. The van der Waals surface area contributed by atoms with E-state index in [4.69, 9.17) is 9.47 Å². The van der Waals surface area contributed by atoms with Crippen molar-refractivity contribution in [1.82, 2.24) is 19.5 Å². The Labute approximate surface area is 164 Å². The molecule has 0 spiro atoms. The highest BCUT2D eigenvalue weighted by molar-refractivity contribution is 5.75. The van der Waals surface area contributed by atoms with Gasteiger partial charge in [-0.05, 0) is 31.2 Å². The lowest BCUT2D eigenvalue weighted by Gasteiger charge is -2.19. The Bertz CT molecular complexity index is 1050. The first kappa shape index (κ1) is 19.3. The number of H-pyrrole nitrogens is 1. The molecule has 3 heterocycles. The quantitative estimate of drug-likeness (QED) is 0.379. The average molecular weight is 403 g/mol. The largest absolute Gasteiger partial charge is 0.494 e. The van der Waals surface area contributed by atoms with Crippen molar-refractivity contribution < 1.29 is 24.8 Å². The third-order valence-electron chi connectivity index (χ3n) is 4.68. The van der Waals surface area contributed by atoms with Crippen molar-refractivity contribution in [2.45, 2.75) is 31.5 Å². The molecule has 0 radical (unpaired) electrons. The fraction of sp³-hybridized carbons (Fsp3) is 0.389. The molecular formula is C18H21N5O6. The third-order valence-corrected chi connectivity index (χ3v) is 4.68. The fourth-order valence-corrected chi connectivity index (χ4v) is 3.27. The molecule has 4 atom stereocenters. The van der Waals surface area contributed by atoms with Crippen molar-refractivity contribution in [1.29, 1.82) is 0 Å². The summed E-state index contributed by atoms with van der Waals surface area (Å²) in [5.74, 6) is 0.885. The Morgan fingerprint density at radius 3 is 2.69 bits per heavy atom. The van der Waals surface area contributed by atoms with Crippen molar-refractivity contribution in [3.05, 3.63) is 40.9 Å². The average Bonchev–Trinajstić information content (AvgIpc) is 3.22. The number of aliphatic hydroxyl groups excluding tert-OH is 3. The normalized spacial score (nSPS) is 24.1. The summed E-state index contributed by atoms with van der Waals surface area (Å²) in [6, 6.07) is 7.08. The lowest BCUT2D eigenvalue weighted by Crippen LogP contribution is -2.33. The van der Waals surface area contributed by atoms with Crippen molar-refractivity contribution in [3.63, 3.8) is 0 Å². The van der Waals surface area contributed by atoms with Crippen LogP contribution in [0.15, 0.2) is 35.4 Å². The van der Waals surface area contributed by atoms with Gasteiger partial charge in [-0.3, -0.25) is 9.36 Å². The number of aromatic nitrogens is 4. The molecule has 0 bridgehead atoms. The second kappa shape index (κ2) is 7.79. The van der Waals surface area contributed by atoms with Gasteiger partial charge in [0.05, 0.1) is 19.5 Å². The number of nitrogens with zero attached hydrogens (tertiary/aromatic N) is 3. The third kappa shape index (κ3) is 3.44. The molecule has 1 aliphatic rings. The van der Waals surface area contributed by atoms with E-state index >= 15 is 0 Å². The molecule has 4 rings (SSSR count). The van der Waals surface area contributed by atoms with E-state index in [9.17, 15) is 20.1 Å². The second-order valence-electron chi connectivity index (χ2n) is 6.52. The van der Waals surface area contributed by atoms with E-state index < -0.39 is 36.7 Å². The van der Waals surface area contributed by atoms with E-state index in [2.05, 4.69) is 20.3 Å². The smallest absolute Gasteiger partial charge is 0.278 e. The van der Waals surface area contributed by atoms with Crippen LogP contribution in [0, 0.1) is 0 Å². The van der Waals surface area contributed by atoms with Crippen LogP contribution in [0.3, 0.4) is 0 Å². The topological polar surface area (TPSA) is 155 Å². The Balaban J connectivity index is 1.76. The number of fused-ring (bicyclic) bond motifs is 1. The molecule has 3 aromatic rings. The van der Waals surface area contributed by atoms with E-state index in [1.807, 2.05) is 6.92 Å². The minimum atomic E-state index is -1.36. The molecule has 29 heavy (non-hydrogen) atoms. The summed E-state index contributed by atoms with van der Waals surface area (Å²) in [5.41, 5.74) is 0.388. The van der Waals surface area contributed by atoms with E-state index in [0.29, 0.717) is 18.0 Å². The molecule has 0 saturated carbocycles. The van der Waals surface area contributed by atoms with Crippen LogP contribution in [0.4, 0.5) is 11.6 Å². The Hall–Kier alpha value is -2.99. The molecule has 154 valence electrons. The van der Waals surface area contributed by atoms with Crippen molar-refractivity contribution >= 4 is 22.8 Å². The number of ether oxygens (including phenoxy) is 2.